The van der Waals surface area contributed by atoms with Gasteiger partial charge in [0.05, 0.1) is 16.4 Å². The summed E-state index contributed by atoms with van der Waals surface area (Å²) in [6.07, 6.45) is 0. The first-order valence-corrected chi connectivity index (χ1v) is 9.60. The average Bonchev–Trinajstić information content (AvgIpc) is 3.05. The maximum atomic E-state index is 12.9. The van der Waals surface area contributed by atoms with Crippen molar-refractivity contribution in [2.45, 2.75) is 12.6 Å². The Kier molecular flexibility index (Phi) is 5.38. The molecule has 0 spiro atoms. The molecular formula is C22H19ClN2O4. The van der Waals surface area contributed by atoms with Gasteiger partial charge in [0.1, 0.15) is 24.0 Å². The minimum absolute atomic E-state index is 0.0456. The molecule has 7 heteroatoms. The van der Waals surface area contributed by atoms with E-state index in [1.165, 1.54) is 0 Å². The topological polar surface area (TPSA) is 80.6 Å². The first-order valence-electron chi connectivity index (χ1n) is 9.22. The number of hydrogen-bond donors (Lipinski definition) is 2. The molecule has 2 aromatic carbocycles. The van der Waals surface area contributed by atoms with E-state index in [4.69, 9.17) is 16.3 Å². The van der Waals surface area contributed by atoms with Crippen molar-refractivity contribution < 1.29 is 19.4 Å². The number of carbonyl (C=O) groups is 2. The maximum absolute atomic E-state index is 12.9. The molecule has 2 N–H and O–H groups in total. The lowest BCUT2D eigenvalue weighted by molar-refractivity contribution is -0.123. The van der Waals surface area contributed by atoms with Gasteiger partial charge in [-0.2, -0.15) is 0 Å². The number of aromatic carboxylic acids is 1. The van der Waals surface area contributed by atoms with E-state index in [9.17, 15) is 14.7 Å². The first-order chi connectivity index (χ1) is 14.1. The van der Waals surface area contributed by atoms with E-state index < -0.39 is 12.0 Å². The number of halogens is 1. The molecule has 0 bridgehead atoms. The molecule has 4 rings (SSSR count). The van der Waals surface area contributed by atoms with Gasteiger partial charge in [-0.15, -0.1) is 0 Å². The highest BCUT2D eigenvalue weighted by atomic mass is 35.5. The van der Waals surface area contributed by atoms with Crippen molar-refractivity contribution in [3.8, 4) is 17.0 Å². The van der Waals surface area contributed by atoms with E-state index in [1.54, 1.807) is 12.1 Å². The fourth-order valence-electron chi connectivity index (χ4n) is 3.66. The minimum Gasteiger partial charge on any atom is -0.486 e. The van der Waals surface area contributed by atoms with Gasteiger partial charge >= 0.3 is 5.97 Å². The van der Waals surface area contributed by atoms with Crippen molar-refractivity contribution in [3.63, 3.8) is 0 Å². The van der Waals surface area contributed by atoms with E-state index in [-0.39, 0.29) is 23.0 Å². The van der Waals surface area contributed by atoms with E-state index >= 15 is 0 Å². The number of fused-ring (bicyclic) bond motifs is 1. The number of aromatic nitrogens is 1. The highest BCUT2D eigenvalue weighted by Gasteiger charge is 2.36. The van der Waals surface area contributed by atoms with Crippen molar-refractivity contribution in [2.75, 3.05) is 13.2 Å². The van der Waals surface area contributed by atoms with E-state index in [0.29, 0.717) is 30.2 Å². The molecule has 6 nitrogen and oxygen atoms in total. The third kappa shape index (κ3) is 3.64. The lowest BCUT2D eigenvalue weighted by atomic mass is 10.0. The number of para-hydroxylation sites is 1. The predicted octanol–water partition coefficient (Wildman–Crippen LogP) is 3.80. The third-order valence-corrected chi connectivity index (χ3v) is 5.28. The van der Waals surface area contributed by atoms with Crippen LogP contribution in [-0.4, -0.2) is 34.6 Å². The number of nitrogens with zero attached hydrogens (tertiary/aromatic N) is 1. The molecular weight excluding hydrogens is 392 g/mol. The molecule has 0 fully saturated rings. The van der Waals surface area contributed by atoms with Gasteiger partial charge in [0.25, 0.3) is 0 Å². The third-order valence-electron chi connectivity index (χ3n) is 4.91. The van der Waals surface area contributed by atoms with Crippen LogP contribution in [0.1, 0.15) is 22.1 Å². The number of benzene rings is 2. The Morgan fingerprint density at radius 2 is 1.76 bits per heavy atom. The van der Waals surface area contributed by atoms with Crippen LogP contribution in [0.2, 0.25) is 5.02 Å². The number of nitrogens with one attached hydrogen (secondary N) is 1. The van der Waals surface area contributed by atoms with Crippen LogP contribution in [0.3, 0.4) is 0 Å². The molecule has 29 heavy (non-hydrogen) atoms. The zero-order valence-electron chi connectivity index (χ0n) is 15.5. The maximum Gasteiger partial charge on any atom is 0.339 e. The van der Waals surface area contributed by atoms with Crippen molar-refractivity contribution >= 4 is 23.4 Å². The Morgan fingerprint density at radius 1 is 1.10 bits per heavy atom. The highest BCUT2D eigenvalue weighted by molar-refractivity contribution is 6.36. The van der Waals surface area contributed by atoms with Gasteiger partial charge in [0.2, 0.25) is 0 Å². The molecule has 1 atom stereocenters. The summed E-state index contributed by atoms with van der Waals surface area (Å²) < 4.78 is 7.41. The Balaban J connectivity index is 1.72. The molecule has 1 unspecified atom stereocenters. The molecule has 2 heterocycles. The van der Waals surface area contributed by atoms with Crippen molar-refractivity contribution in [2.24, 2.45) is 0 Å². The Labute approximate surface area is 172 Å². The van der Waals surface area contributed by atoms with Gasteiger partial charge in [-0.3, -0.25) is 4.79 Å². The molecule has 3 aromatic rings. The highest BCUT2D eigenvalue weighted by Crippen LogP contribution is 2.40. The summed E-state index contributed by atoms with van der Waals surface area (Å²) in [6, 6.07) is 17.6. The van der Waals surface area contributed by atoms with Crippen molar-refractivity contribution in [1.29, 1.82) is 0 Å². The van der Waals surface area contributed by atoms with Crippen LogP contribution in [0.25, 0.3) is 11.3 Å². The lowest BCUT2D eigenvalue weighted by Gasteiger charge is -2.27. The number of rotatable bonds is 6. The average molecular weight is 411 g/mol. The standard InChI is InChI=1S/C22H19ClN2O4/c23-18-17(22(27)28)21-19(16(26)13-29-15-9-5-2-6-10-15)24-11-12-25(21)20(18)14-7-3-1-4-8-14/h1-10,19,24H,11-13H2,(H,27,28). The van der Waals surface area contributed by atoms with E-state index in [1.807, 2.05) is 53.1 Å². The molecule has 1 aliphatic rings. The van der Waals surface area contributed by atoms with Crippen LogP contribution in [0, 0.1) is 0 Å². The second-order valence-corrected chi connectivity index (χ2v) is 7.08. The summed E-state index contributed by atoms with van der Waals surface area (Å²) in [4.78, 5) is 24.9. The fourth-order valence-corrected chi connectivity index (χ4v) is 4.05. The number of ether oxygens (including phenoxy) is 1. The number of ketones is 1. The number of carboxylic acid groups (broad SMARTS) is 1. The van der Waals surface area contributed by atoms with Crippen LogP contribution in [0.5, 0.6) is 5.75 Å². The van der Waals surface area contributed by atoms with Gasteiger partial charge in [0.15, 0.2) is 5.78 Å². The summed E-state index contributed by atoms with van der Waals surface area (Å²) in [5.74, 6) is -0.842. The SMILES string of the molecule is O=C(O)c1c(Cl)c(-c2ccccc2)n2c1C(C(=O)COc1ccccc1)NCC2. The van der Waals surface area contributed by atoms with Crippen LogP contribution in [-0.2, 0) is 11.3 Å². The van der Waals surface area contributed by atoms with E-state index in [2.05, 4.69) is 5.32 Å². The zero-order valence-corrected chi connectivity index (χ0v) is 16.2. The fraction of sp³-hybridized carbons (Fsp3) is 0.182. The lowest BCUT2D eigenvalue weighted by Crippen LogP contribution is -2.40. The number of carbonyl (C=O) groups excluding carboxylic acids is 1. The molecule has 0 amide bonds. The summed E-state index contributed by atoms with van der Waals surface area (Å²) >= 11 is 6.52. The largest absolute Gasteiger partial charge is 0.486 e. The monoisotopic (exact) mass is 410 g/mol. The van der Waals surface area contributed by atoms with Crippen LogP contribution < -0.4 is 10.1 Å². The molecule has 148 valence electrons. The minimum atomic E-state index is -1.16. The van der Waals surface area contributed by atoms with E-state index in [0.717, 1.165) is 5.56 Å². The van der Waals surface area contributed by atoms with Gasteiger partial charge in [-0.05, 0) is 17.7 Å². The molecule has 0 saturated carbocycles. The molecule has 0 saturated heterocycles. The Bertz CT molecular complexity index is 1050. The molecule has 1 aliphatic heterocycles. The van der Waals surface area contributed by atoms with Crippen molar-refractivity contribution in [3.05, 3.63) is 76.9 Å². The summed E-state index contributed by atoms with van der Waals surface area (Å²) in [5, 5.41) is 13.1. The second-order valence-electron chi connectivity index (χ2n) is 6.70. The normalized spacial score (nSPS) is 15.6. The molecule has 0 aliphatic carbocycles. The molecule has 1 aromatic heterocycles. The first kappa shape index (κ1) is 19.2. The summed E-state index contributed by atoms with van der Waals surface area (Å²) in [6.45, 7) is 0.846. The smallest absolute Gasteiger partial charge is 0.339 e. The summed E-state index contributed by atoms with van der Waals surface area (Å²) in [7, 11) is 0. The number of Topliss-reactive ketones (excluding diaryl/α,β-unsaturated/α-hetero) is 1. The second kappa shape index (κ2) is 8.11. The Morgan fingerprint density at radius 3 is 2.41 bits per heavy atom. The summed E-state index contributed by atoms with van der Waals surface area (Å²) in [5.41, 5.74) is 1.74. The van der Waals surface area contributed by atoms with Crippen LogP contribution in [0.4, 0.5) is 0 Å². The zero-order chi connectivity index (χ0) is 20.4. The van der Waals surface area contributed by atoms with Crippen LogP contribution in [0.15, 0.2) is 60.7 Å². The van der Waals surface area contributed by atoms with Gasteiger partial charge in [-0.25, -0.2) is 4.79 Å². The predicted molar refractivity (Wildman–Crippen MR) is 110 cm³/mol. The molecule has 0 radical (unpaired) electrons. The van der Waals surface area contributed by atoms with Crippen molar-refractivity contribution in [1.82, 2.24) is 9.88 Å². The van der Waals surface area contributed by atoms with Gasteiger partial charge in [-0.1, -0.05) is 60.1 Å². The Hall–Kier alpha value is -3.09. The van der Waals surface area contributed by atoms with Gasteiger partial charge in [0, 0.05) is 13.1 Å². The number of hydrogen-bond acceptors (Lipinski definition) is 4. The van der Waals surface area contributed by atoms with Gasteiger partial charge < -0.3 is 19.7 Å². The quantitative estimate of drug-likeness (QED) is 0.646. The number of carboxylic acids is 1. The van der Waals surface area contributed by atoms with Crippen LogP contribution >= 0.6 is 11.6 Å².